The molecule has 1 amide bonds. The van der Waals surface area contributed by atoms with Crippen LogP contribution in [0.15, 0.2) is 47.9 Å². The van der Waals surface area contributed by atoms with Gasteiger partial charge in [-0.3, -0.25) is 9.78 Å². The number of alkyl halides is 6. The normalized spacial score (nSPS) is 12.2. The number of nitrogens with one attached hydrogen (secondary N) is 1. The summed E-state index contributed by atoms with van der Waals surface area (Å²) >= 11 is 0. The molecule has 1 aromatic heterocycles. The van der Waals surface area contributed by atoms with Crippen LogP contribution in [0.1, 0.15) is 27.0 Å². The van der Waals surface area contributed by atoms with Crippen molar-refractivity contribution in [1.82, 2.24) is 10.3 Å². The van der Waals surface area contributed by atoms with Gasteiger partial charge in [0, 0.05) is 12.4 Å². The molecule has 0 saturated carbocycles. The van der Waals surface area contributed by atoms with Gasteiger partial charge in [-0.1, -0.05) is 17.3 Å². The van der Waals surface area contributed by atoms with E-state index in [0.717, 1.165) is 30.7 Å². The summed E-state index contributed by atoms with van der Waals surface area (Å²) in [4.78, 5) is 20.2. The Bertz CT molecular complexity index is 832. The third-order valence-corrected chi connectivity index (χ3v) is 3.39. The Morgan fingerprint density at radius 3 is 2.36 bits per heavy atom. The van der Waals surface area contributed by atoms with Gasteiger partial charge in [0.2, 0.25) is 0 Å². The van der Waals surface area contributed by atoms with Crippen molar-refractivity contribution in [3.63, 3.8) is 0 Å². The summed E-state index contributed by atoms with van der Waals surface area (Å²) in [6.45, 7) is -0.346. The predicted octanol–water partition coefficient (Wildman–Crippen LogP) is 4.05. The summed E-state index contributed by atoms with van der Waals surface area (Å²) in [6.07, 6.45) is -6.32. The zero-order valence-corrected chi connectivity index (χ0v) is 14.0. The molecule has 11 heteroatoms. The lowest BCUT2D eigenvalue weighted by molar-refractivity contribution is -0.138. The Balaban J connectivity index is 1.81. The van der Waals surface area contributed by atoms with Gasteiger partial charge in [0.25, 0.3) is 5.91 Å². The molecule has 0 radical (unpaired) electrons. The van der Waals surface area contributed by atoms with E-state index in [9.17, 15) is 31.1 Å². The average molecular weight is 405 g/mol. The molecular formula is C17H13F6N3O2. The van der Waals surface area contributed by atoms with E-state index < -0.39 is 35.0 Å². The highest BCUT2D eigenvalue weighted by Gasteiger charge is 2.35. The van der Waals surface area contributed by atoms with Gasteiger partial charge in [0.05, 0.1) is 29.4 Å². The molecule has 0 atom stereocenters. The van der Waals surface area contributed by atoms with Crippen LogP contribution in [0.5, 0.6) is 0 Å². The summed E-state index contributed by atoms with van der Waals surface area (Å²) in [5.41, 5.74) is -2.11. The van der Waals surface area contributed by atoms with Gasteiger partial charge in [-0.05, 0) is 23.8 Å². The molecular weight excluding hydrogens is 392 g/mol. The first-order valence-electron chi connectivity index (χ1n) is 7.68. The van der Waals surface area contributed by atoms with Crippen LogP contribution in [0.3, 0.4) is 0 Å². The SMILES string of the molecule is O=C(NCC=NOCc1ccc(C(F)(F)F)cc1)c1cnccc1C(F)(F)F. The van der Waals surface area contributed by atoms with Crippen LogP contribution < -0.4 is 5.32 Å². The maximum absolute atomic E-state index is 12.8. The second-order valence-corrected chi connectivity index (χ2v) is 5.39. The minimum atomic E-state index is -4.70. The lowest BCUT2D eigenvalue weighted by Gasteiger charge is -2.11. The number of halogens is 6. The van der Waals surface area contributed by atoms with E-state index in [1.807, 2.05) is 0 Å². The summed E-state index contributed by atoms with van der Waals surface area (Å²) in [5, 5.41) is 5.68. The molecule has 0 fully saturated rings. The largest absolute Gasteiger partial charge is 0.417 e. The Morgan fingerprint density at radius 2 is 1.75 bits per heavy atom. The number of hydrogen-bond acceptors (Lipinski definition) is 4. The summed E-state index contributed by atoms with van der Waals surface area (Å²) in [7, 11) is 0. The van der Waals surface area contributed by atoms with E-state index in [1.165, 1.54) is 12.1 Å². The number of nitrogens with zero attached hydrogens (tertiary/aromatic N) is 2. The lowest BCUT2D eigenvalue weighted by atomic mass is 10.1. The van der Waals surface area contributed by atoms with Crippen molar-refractivity contribution < 1.29 is 36.0 Å². The highest BCUT2D eigenvalue weighted by Crippen LogP contribution is 2.31. The first-order valence-corrected chi connectivity index (χ1v) is 7.68. The first-order chi connectivity index (χ1) is 13.1. The quantitative estimate of drug-likeness (QED) is 0.448. The minimum Gasteiger partial charge on any atom is -0.391 e. The van der Waals surface area contributed by atoms with E-state index in [-0.39, 0.29) is 13.2 Å². The smallest absolute Gasteiger partial charge is 0.391 e. The molecule has 1 aromatic carbocycles. The van der Waals surface area contributed by atoms with Crippen molar-refractivity contribution in [2.45, 2.75) is 19.0 Å². The van der Waals surface area contributed by atoms with E-state index in [0.29, 0.717) is 11.6 Å². The van der Waals surface area contributed by atoms with Crippen molar-refractivity contribution in [3.8, 4) is 0 Å². The number of carbonyl (C=O) groups is 1. The number of hydrogen-bond donors (Lipinski definition) is 1. The maximum Gasteiger partial charge on any atom is 0.417 e. The van der Waals surface area contributed by atoms with Crippen molar-refractivity contribution in [1.29, 1.82) is 0 Å². The second-order valence-electron chi connectivity index (χ2n) is 5.39. The van der Waals surface area contributed by atoms with Crippen LogP contribution in [-0.4, -0.2) is 23.7 Å². The Labute approximate surface area is 155 Å². The number of amides is 1. The van der Waals surface area contributed by atoms with E-state index in [2.05, 4.69) is 15.5 Å². The third-order valence-electron chi connectivity index (χ3n) is 3.39. The van der Waals surface area contributed by atoms with Crippen molar-refractivity contribution >= 4 is 12.1 Å². The van der Waals surface area contributed by atoms with E-state index >= 15 is 0 Å². The lowest BCUT2D eigenvalue weighted by Crippen LogP contribution is -2.28. The zero-order chi connectivity index (χ0) is 20.8. The van der Waals surface area contributed by atoms with Crippen LogP contribution >= 0.6 is 0 Å². The molecule has 0 aliphatic carbocycles. The number of carbonyl (C=O) groups excluding carboxylic acids is 1. The number of rotatable bonds is 6. The van der Waals surface area contributed by atoms with Crippen molar-refractivity contribution in [2.24, 2.45) is 5.16 Å². The van der Waals surface area contributed by atoms with E-state index in [4.69, 9.17) is 4.84 Å². The molecule has 0 aliphatic rings. The first kappa shape index (κ1) is 21.2. The molecule has 2 rings (SSSR count). The molecule has 0 saturated heterocycles. The Hall–Kier alpha value is -3.11. The summed E-state index contributed by atoms with van der Waals surface area (Å²) < 4.78 is 75.8. The second kappa shape index (κ2) is 8.72. The fourth-order valence-corrected chi connectivity index (χ4v) is 2.05. The van der Waals surface area contributed by atoms with Crippen molar-refractivity contribution in [3.05, 3.63) is 65.0 Å². The van der Waals surface area contributed by atoms with Crippen molar-refractivity contribution in [2.75, 3.05) is 6.54 Å². The molecule has 1 N–H and O–H groups in total. The van der Waals surface area contributed by atoms with Crippen LogP contribution in [0, 0.1) is 0 Å². The van der Waals surface area contributed by atoms with Gasteiger partial charge in [0.1, 0.15) is 6.61 Å². The summed E-state index contributed by atoms with van der Waals surface area (Å²) in [6, 6.07) is 4.93. The monoisotopic (exact) mass is 405 g/mol. The van der Waals surface area contributed by atoms with Gasteiger partial charge in [-0.15, -0.1) is 0 Å². The molecule has 0 bridgehead atoms. The number of aromatic nitrogens is 1. The zero-order valence-electron chi connectivity index (χ0n) is 14.0. The van der Waals surface area contributed by atoms with Crippen LogP contribution in [-0.2, 0) is 23.8 Å². The fourth-order valence-electron chi connectivity index (χ4n) is 2.05. The molecule has 5 nitrogen and oxygen atoms in total. The van der Waals surface area contributed by atoms with Crippen LogP contribution in [0.25, 0.3) is 0 Å². The highest BCUT2D eigenvalue weighted by molar-refractivity contribution is 5.96. The molecule has 150 valence electrons. The van der Waals surface area contributed by atoms with Crippen LogP contribution in [0.2, 0.25) is 0 Å². The topological polar surface area (TPSA) is 63.6 Å². The van der Waals surface area contributed by atoms with Crippen LogP contribution in [0.4, 0.5) is 26.3 Å². The third kappa shape index (κ3) is 5.96. The Kier molecular flexibility index (Phi) is 6.60. The predicted molar refractivity (Wildman–Crippen MR) is 86.3 cm³/mol. The highest BCUT2D eigenvalue weighted by atomic mass is 19.4. The standard InChI is InChI=1S/C17H13F6N3O2/c18-16(19,20)12-3-1-11(2-4-12)10-28-26-8-7-25-15(27)13-9-24-6-5-14(13)17(21,22)23/h1-6,8-9H,7,10H2,(H,25,27). The van der Waals surface area contributed by atoms with Gasteiger partial charge in [0.15, 0.2) is 0 Å². The molecule has 0 spiro atoms. The van der Waals surface area contributed by atoms with Gasteiger partial charge in [-0.2, -0.15) is 26.3 Å². The van der Waals surface area contributed by atoms with E-state index in [1.54, 1.807) is 0 Å². The van der Waals surface area contributed by atoms with Gasteiger partial charge >= 0.3 is 12.4 Å². The number of benzene rings is 1. The molecule has 28 heavy (non-hydrogen) atoms. The van der Waals surface area contributed by atoms with Gasteiger partial charge in [-0.25, -0.2) is 0 Å². The molecule has 1 heterocycles. The molecule has 0 unspecified atom stereocenters. The maximum atomic E-state index is 12.8. The Morgan fingerprint density at radius 1 is 1.07 bits per heavy atom. The number of pyridine rings is 1. The molecule has 2 aromatic rings. The summed E-state index contributed by atoms with van der Waals surface area (Å²) in [5.74, 6) is -0.991. The number of oxime groups is 1. The fraction of sp³-hybridized carbons (Fsp3) is 0.235. The molecule has 0 aliphatic heterocycles. The van der Waals surface area contributed by atoms with Gasteiger partial charge < -0.3 is 10.2 Å². The average Bonchev–Trinajstić information content (AvgIpc) is 2.63. The minimum absolute atomic E-state index is 0.122.